The van der Waals surface area contributed by atoms with E-state index in [1.54, 1.807) is 91.0 Å². The highest BCUT2D eigenvalue weighted by Crippen LogP contribution is 2.48. The van der Waals surface area contributed by atoms with Crippen LogP contribution in [-0.4, -0.2) is 11.6 Å². The first-order valence-electron chi connectivity index (χ1n) is 8.13. The fourth-order valence-corrected chi connectivity index (χ4v) is 2.90. The minimum Gasteiger partial charge on any atom is -0.442 e. The van der Waals surface area contributed by atoms with E-state index in [-0.39, 0.29) is 16.9 Å². The Kier molecular flexibility index (Phi) is 3.92. The minimum atomic E-state index is -3.51. The lowest BCUT2D eigenvalue weighted by molar-refractivity contribution is -0.266. The van der Waals surface area contributed by atoms with Crippen molar-refractivity contribution >= 4 is 5.71 Å². The van der Waals surface area contributed by atoms with Crippen molar-refractivity contribution < 1.29 is 18.4 Å². The lowest BCUT2D eigenvalue weighted by atomic mass is 9.92. The van der Waals surface area contributed by atoms with Gasteiger partial charge in [0.25, 0.3) is 0 Å². The lowest BCUT2D eigenvalue weighted by Crippen LogP contribution is -2.51. The van der Waals surface area contributed by atoms with Crippen molar-refractivity contribution in [2.45, 2.75) is 11.7 Å². The summed E-state index contributed by atoms with van der Waals surface area (Å²) in [7, 11) is 0. The van der Waals surface area contributed by atoms with Gasteiger partial charge in [-0.1, -0.05) is 84.0 Å². The molecule has 0 amide bonds. The molecule has 3 nitrogen and oxygen atoms in total. The number of benzene rings is 3. The topological polar surface area (TPSA) is 30.8 Å². The number of oxime groups is 1. The van der Waals surface area contributed by atoms with Crippen LogP contribution in [-0.2, 0) is 10.6 Å². The second-order valence-corrected chi connectivity index (χ2v) is 5.87. The quantitative estimate of drug-likeness (QED) is 0.663. The zero-order valence-electron chi connectivity index (χ0n) is 13.7. The van der Waals surface area contributed by atoms with Crippen LogP contribution in [0.15, 0.2) is 96.2 Å². The maximum Gasteiger partial charge on any atom is 0.375 e. The van der Waals surface area contributed by atoms with Gasteiger partial charge in [-0.05, 0) is 12.1 Å². The molecule has 1 aliphatic rings. The number of alkyl halides is 2. The third-order valence-corrected chi connectivity index (χ3v) is 4.18. The molecule has 0 fully saturated rings. The van der Waals surface area contributed by atoms with Gasteiger partial charge in [0, 0.05) is 11.1 Å². The summed E-state index contributed by atoms with van der Waals surface area (Å²) in [5, 5.41) is 3.73. The van der Waals surface area contributed by atoms with Crippen LogP contribution in [0.2, 0.25) is 0 Å². The van der Waals surface area contributed by atoms with E-state index in [1.165, 1.54) is 0 Å². The molecule has 26 heavy (non-hydrogen) atoms. The third-order valence-electron chi connectivity index (χ3n) is 4.18. The monoisotopic (exact) mass is 351 g/mol. The first-order chi connectivity index (χ1) is 12.6. The van der Waals surface area contributed by atoms with Crippen LogP contribution < -0.4 is 4.74 Å². The Morgan fingerprint density at radius 3 is 1.88 bits per heavy atom. The molecule has 1 aliphatic heterocycles. The summed E-state index contributed by atoms with van der Waals surface area (Å²) in [6.07, 6.45) is 0. The van der Waals surface area contributed by atoms with Crippen molar-refractivity contribution in [1.82, 2.24) is 0 Å². The maximum absolute atomic E-state index is 15.6. The number of hydrogen-bond donors (Lipinski definition) is 0. The van der Waals surface area contributed by atoms with Crippen LogP contribution in [0.3, 0.4) is 0 Å². The molecular weight excluding hydrogens is 336 g/mol. The van der Waals surface area contributed by atoms with Gasteiger partial charge in [-0.3, -0.25) is 0 Å². The Labute approximate surface area is 149 Å². The van der Waals surface area contributed by atoms with Crippen LogP contribution in [0.25, 0.3) is 0 Å². The summed E-state index contributed by atoms with van der Waals surface area (Å²) in [4.78, 5) is 5.33. The van der Waals surface area contributed by atoms with Crippen LogP contribution in [0.1, 0.15) is 11.1 Å². The molecule has 130 valence electrons. The van der Waals surface area contributed by atoms with Gasteiger partial charge < -0.3 is 9.57 Å². The van der Waals surface area contributed by atoms with Crippen molar-refractivity contribution in [3.8, 4) is 5.75 Å². The van der Waals surface area contributed by atoms with E-state index < -0.39 is 17.4 Å². The Morgan fingerprint density at radius 2 is 1.27 bits per heavy atom. The molecule has 0 bridgehead atoms. The number of ether oxygens (including phenoxy) is 1. The van der Waals surface area contributed by atoms with E-state index in [2.05, 4.69) is 5.16 Å². The number of nitrogens with zero attached hydrogens (tertiary/aromatic N) is 1. The summed E-state index contributed by atoms with van der Waals surface area (Å²) in [6.45, 7) is 0. The van der Waals surface area contributed by atoms with Gasteiger partial charge >= 0.3 is 11.7 Å². The molecule has 0 saturated heterocycles. The zero-order valence-corrected chi connectivity index (χ0v) is 13.7. The van der Waals surface area contributed by atoms with E-state index in [9.17, 15) is 0 Å². The highest BCUT2D eigenvalue weighted by Gasteiger charge is 2.68. The molecule has 0 aliphatic carbocycles. The largest absolute Gasteiger partial charge is 0.442 e. The van der Waals surface area contributed by atoms with E-state index in [0.717, 1.165) is 0 Å². The highest BCUT2D eigenvalue weighted by molar-refractivity contribution is 6.07. The summed E-state index contributed by atoms with van der Waals surface area (Å²) < 4.78 is 36.9. The third kappa shape index (κ3) is 2.52. The molecule has 0 aromatic heterocycles. The Bertz CT molecular complexity index is 915. The van der Waals surface area contributed by atoms with Crippen LogP contribution in [0, 0.1) is 0 Å². The smallest absolute Gasteiger partial charge is 0.375 e. The molecule has 0 saturated carbocycles. The molecule has 0 N–H and O–H groups in total. The first-order valence-corrected chi connectivity index (χ1v) is 8.13. The van der Waals surface area contributed by atoms with Crippen molar-refractivity contribution in [3.63, 3.8) is 0 Å². The average molecular weight is 351 g/mol. The van der Waals surface area contributed by atoms with Crippen molar-refractivity contribution in [2.24, 2.45) is 5.16 Å². The molecule has 4 rings (SSSR count). The number of halogens is 2. The van der Waals surface area contributed by atoms with Gasteiger partial charge in [-0.15, -0.1) is 0 Å². The van der Waals surface area contributed by atoms with E-state index in [4.69, 9.17) is 9.57 Å². The first kappa shape index (κ1) is 16.3. The Balaban J connectivity index is 1.83. The van der Waals surface area contributed by atoms with E-state index in [1.807, 2.05) is 0 Å². The van der Waals surface area contributed by atoms with E-state index in [0.29, 0.717) is 0 Å². The van der Waals surface area contributed by atoms with Crippen LogP contribution in [0.4, 0.5) is 8.78 Å². The van der Waals surface area contributed by atoms with Gasteiger partial charge in [-0.25, -0.2) is 0 Å². The Morgan fingerprint density at radius 1 is 0.731 bits per heavy atom. The molecule has 5 heteroatoms. The molecule has 1 atom stereocenters. The average Bonchev–Trinajstić information content (AvgIpc) is 2.95. The summed E-state index contributed by atoms with van der Waals surface area (Å²) in [6, 6.07) is 24.8. The second-order valence-electron chi connectivity index (χ2n) is 5.87. The number of para-hydroxylation sites is 1. The fraction of sp³-hybridized carbons (Fsp3) is 0.0952. The predicted molar refractivity (Wildman–Crippen MR) is 94.2 cm³/mol. The van der Waals surface area contributed by atoms with Crippen LogP contribution >= 0.6 is 0 Å². The van der Waals surface area contributed by atoms with Crippen LogP contribution in [0.5, 0.6) is 5.75 Å². The van der Waals surface area contributed by atoms with Gasteiger partial charge in [0.1, 0.15) is 5.75 Å². The minimum absolute atomic E-state index is 0.184. The molecule has 0 radical (unpaired) electrons. The van der Waals surface area contributed by atoms with Crippen molar-refractivity contribution in [2.75, 3.05) is 0 Å². The van der Waals surface area contributed by atoms with Gasteiger partial charge in [0.2, 0.25) is 0 Å². The predicted octanol–water partition coefficient (Wildman–Crippen LogP) is 4.99. The molecule has 1 unspecified atom stereocenters. The van der Waals surface area contributed by atoms with Gasteiger partial charge in [0.05, 0.1) is 0 Å². The maximum atomic E-state index is 15.6. The Hall–Kier alpha value is -3.21. The van der Waals surface area contributed by atoms with Crippen molar-refractivity contribution in [1.29, 1.82) is 0 Å². The number of rotatable bonds is 4. The normalized spacial score (nSPS) is 20.9. The van der Waals surface area contributed by atoms with E-state index >= 15 is 8.78 Å². The molecular formula is C21H15F2NO2. The fourth-order valence-electron chi connectivity index (χ4n) is 2.90. The number of hydrogen-bond acceptors (Lipinski definition) is 3. The SMILES string of the molecule is FC1(F)C(c2ccccc2)=NOC1(Oc1ccccc1)c1ccccc1. The summed E-state index contributed by atoms with van der Waals surface area (Å²) in [5.41, 5.74) is 0.00776. The highest BCUT2D eigenvalue weighted by atomic mass is 19.3. The summed E-state index contributed by atoms with van der Waals surface area (Å²) in [5.74, 6) is -5.62. The van der Waals surface area contributed by atoms with Crippen molar-refractivity contribution in [3.05, 3.63) is 102 Å². The molecule has 3 aromatic carbocycles. The zero-order chi connectivity index (χ0) is 18.0. The molecule has 3 aromatic rings. The second kappa shape index (κ2) is 6.26. The molecule has 1 heterocycles. The lowest BCUT2D eigenvalue weighted by Gasteiger charge is -2.33. The van der Waals surface area contributed by atoms with Gasteiger partial charge in [0.15, 0.2) is 5.71 Å². The summed E-state index contributed by atoms with van der Waals surface area (Å²) >= 11 is 0. The van der Waals surface area contributed by atoms with Gasteiger partial charge in [-0.2, -0.15) is 8.78 Å². The molecule has 0 spiro atoms. The standard InChI is InChI=1S/C21H15F2NO2/c22-20(23)19(16-10-4-1-5-11-16)24-26-21(20,17-12-6-2-7-13-17)25-18-14-8-3-9-15-18/h1-15H.